The number of hydrogen-bond donors (Lipinski definition) is 2. The summed E-state index contributed by atoms with van der Waals surface area (Å²) in [6.07, 6.45) is -4.79. The number of halogens is 4. The number of benzene rings is 1. The predicted molar refractivity (Wildman–Crippen MR) is 107 cm³/mol. The molecule has 1 aromatic carbocycles. The highest BCUT2D eigenvalue weighted by atomic mass is 19.4. The van der Waals surface area contributed by atoms with Crippen molar-refractivity contribution in [2.75, 3.05) is 0 Å². The Bertz CT molecular complexity index is 1140. The number of aromatic amines is 1. The molecule has 0 aliphatic heterocycles. The van der Waals surface area contributed by atoms with Crippen molar-refractivity contribution in [3.05, 3.63) is 69.5 Å². The quantitative estimate of drug-likeness (QED) is 0.592. The molecule has 162 valence electrons. The second kappa shape index (κ2) is 7.27. The topological polar surface area (TPSA) is 58.0 Å². The Morgan fingerprint density at radius 2 is 1.80 bits per heavy atom. The van der Waals surface area contributed by atoms with Crippen LogP contribution in [0, 0.1) is 12.7 Å². The Morgan fingerprint density at radius 1 is 1.13 bits per heavy atom. The van der Waals surface area contributed by atoms with Gasteiger partial charge in [-0.2, -0.15) is 13.2 Å². The zero-order valence-electron chi connectivity index (χ0n) is 17.2. The predicted octanol–water partition coefficient (Wildman–Crippen LogP) is 4.52. The first kappa shape index (κ1) is 22.1. The second-order valence-corrected chi connectivity index (χ2v) is 8.61. The number of nitrogens with zero attached hydrogens (tertiary/aromatic N) is 1. The van der Waals surface area contributed by atoms with Gasteiger partial charge in [0.1, 0.15) is 5.82 Å². The zero-order chi connectivity index (χ0) is 22.5. The second-order valence-electron chi connectivity index (χ2n) is 8.61. The zero-order valence-corrected chi connectivity index (χ0v) is 17.2. The molecule has 3 rings (SSSR count). The third kappa shape index (κ3) is 4.14. The van der Waals surface area contributed by atoms with Crippen molar-refractivity contribution in [1.29, 1.82) is 0 Å². The van der Waals surface area contributed by atoms with Crippen LogP contribution in [0.5, 0.6) is 0 Å². The van der Waals surface area contributed by atoms with Gasteiger partial charge in [0.25, 0.3) is 5.56 Å². The lowest BCUT2D eigenvalue weighted by atomic mass is 9.72. The first-order valence-corrected chi connectivity index (χ1v) is 9.46. The Balaban J connectivity index is 2.01. The number of alkyl halides is 3. The number of rotatable bonds is 5. The molecule has 0 saturated heterocycles. The molecule has 3 aromatic rings. The van der Waals surface area contributed by atoms with Gasteiger partial charge < -0.3 is 14.7 Å². The molecular formula is C22H24F4N2O2. The summed E-state index contributed by atoms with van der Waals surface area (Å²) in [7, 11) is 1.55. The average molecular weight is 424 g/mol. The number of aliphatic hydroxyl groups is 1. The largest absolute Gasteiger partial charge is 0.417 e. The summed E-state index contributed by atoms with van der Waals surface area (Å²) in [5, 5.41) is 11.4. The maximum Gasteiger partial charge on any atom is 0.417 e. The van der Waals surface area contributed by atoms with Crippen LogP contribution in [0.1, 0.15) is 37.1 Å². The van der Waals surface area contributed by atoms with Gasteiger partial charge in [-0.1, -0.05) is 19.9 Å². The molecule has 0 aliphatic carbocycles. The summed E-state index contributed by atoms with van der Waals surface area (Å²) in [5.74, 6) is -0.545. The molecule has 1 unspecified atom stereocenters. The number of fused-ring (bicyclic) bond motifs is 1. The van der Waals surface area contributed by atoms with E-state index in [9.17, 15) is 27.5 Å². The van der Waals surface area contributed by atoms with Gasteiger partial charge in [0.15, 0.2) is 5.60 Å². The van der Waals surface area contributed by atoms with Crippen LogP contribution in [0.3, 0.4) is 0 Å². The van der Waals surface area contributed by atoms with Gasteiger partial charge >= 0.3 is 6.18 Å². The van der Waals surface area contributed by atoms with Gasteiger partial charge in [-0.3, -0.25) is 4.79 Å². The summed E-state index contributed by atoms with van der Waals surface area (Å²) < 4.78 is 57.1. The minimum Gasteiger partial charge on any atom is -0.380 e. The Kier molecular flexibility index (Phi) is 5.35. The van der Waals surface area contributed by atoms with Gasteiger partial charge in [0.2, 0.25) is 0 Å². The van der Waals surface area contributed by atoms with Gasteiger partial charge in [-0.05, 0) is 48.1 Å². The number of pyridine rings is 1. The fourth-order valence-corrected chi connectivity index (χ4v) is 4.09. The third-order valence-electron chi connectivity index (χ3n) is 5.56. The molecule has 0 spiro atoms. The van der Waals surface area contributed by atoms with E-state index in [0.717, 1.165) is 0 Å². The fraction of sp³-hybridized carbons (Fsp3) is 0.409. The third-order valence-corrected chi connectivity index (χ3v) is 5.56. The summed E-state index contributed by atoms with van der Waals surface area (Å²) >= 11 is 0. The Hall–Kier alpha value is -2.61. The minimum absolute atomic E-state index is 0.155. The first-order valence-electron chi connectivity index (χ1n) is 9.46. The molecule has 1 atom stereocenters. The lowest BCUT2D eigenvalue weighted by Crippen LogP contribution is -2.51. The molecule has 2 aromatic heterocycles. The van der Waals surface area contributed by atoms with Crippen LogP contribution in [0.25, 0.3) is 10.9 Å². The molecule has 0 amide bonds. The molecule has 30 heavy (non-hydrogen) atoms. The van der Waals surface area contributed by atoms with E-state index in [0.29, 0.717) is 22.0 Å². The minimum atomic E-state index is -4.92. The van der Waals surface area contributed by atoms with Gasteiger partial charge in [0.05, 0.1) is 5.52 Å². The van der Waals surface area contributed by atoms with Crippen LogP contribution >= 0.6 is 0 Å². The summed E-state index contributed by atoms with van der Waals surface area (Å²) in [4.78, 5) is 14.6. The van der Waals surface area contributed by atoms with E-state index in [1.807, 2.05) is 0 Å². The maximum absolute atomic E-state index is 14.0. The first-order chi connectivity index (χ1) is 13.7. The van der Waals surface area contributed by atoms with Crippen molar-refractivity contribution in [3.63, 3.8) is 0 Å². The van der Waals surface area contributed by atoms with Crippen molar-refractivity contribution in [2.24, 2.45) is 7.05 Å². The van der Waals surface area contributed by atoms with Gasteiger partial charge in [0, 0.05) is 36.8 Å². The van der Waals surface area contributed by atoms with Gasteiger partial charge in [-0.15, -0.1) is 0 Å². The lowest BCUT2D eigenvalue weighted by molar-refractivity contribution is -0.266. The van der Waals surface area contributed by atoms with E-state index < -0.39 is 35.9 Å². The van der Waals surface area contributed by atoms with Crippen LogP contribution < -0.4 is 5.56 Å². The van der Waals surface area contributed by atoms with E-state index in [-0.39, 0.29) is 11.3 Å². The molecule has 8 heteroatoms. The summed E-state index contributed by atoms with van der Waals surface area (Å²) in [5.41, 5.74) is -2.91. The highest BCUT2D eigenvalue weighted by Crippen LogP contribution is 2.43. The molecule has 2 heterocycles. The van der Waals surface area contributed by atoms with E-state index >= 15 is 0 Å². The van der Waals surface area contributed by atoms with Crippen LogP contribution in [-0.2, 0) is 18.9 Å². The highest BCUT2D eigenvalue weighted by Gasteiger charge is 2.56. The Morgan fingerprint density at radius 3 is 2.43 bits per heavy atom. The maximum atomic E-state index is 14.0. The molecule has 0 radical (unpaired) electrons. The van der Waals surface area contributed by atoms with Crippen molar-refractivity contribution in [2.45, 2.75) is 50.8 Å². The molecule has 0 fully saturated rings. The monoisotopic (exact) mass is 424 g/mol. The normalized spacial score (nSPS) is 14.8. The van der Waals surface area contributed by atoms with Crippen LogP contribution in [0.15, 0.2) is 41.3 Å². The van der Waals surface area contributed by atoms with Gasteiger partial charge in [-0.25, -0.2) is 4.39 Å². The Labute approximate surface area is 171 Å². The summed E-state index contributed by atoms with van der Waals surface area (Å²) in [6, 6.07) is 6.76. The fourth-order valence-electron chi connectivity index (χ4n) is 4.09. The van der Waals surface area contributed by atoms with Crippen molar-refractivity contribution < 1.29 is 22.7 Å². The molecule has 0 aliphatic rings. The standard InChI is InChI=1S/C22H24F4N2O2/c1-13-5-6-15(23)8-17(13)20(2,3)12-21(30,22(24,25)26)10-16-7-14-11-28(4)19(29)9-18(14)27-16/h5-9,11,27,30H,10,12H2,1-4H3. The summed E-state index contributed by atoms with van der Waals surface area (Å²) in [6.45, 7) is 4.81. The smallest absolute Gasteiger partial charge is 0.380 e. The van der Waals surface area contributed by atoms with Crippen molar-refractivity contribution in [1.82, 2.24) is 9.55 Å². The number of nitrogens with one attached hydrogen (secondary N) is 1. The molecular weight excluding hydrogens is 400 g/mol. The van der Waals surface area contributed by atoms with E-state index in [1.54, 1.807) is 27.8 Å². The number of aromatic nitrogens is 2. The molecule has 2 N–H and O–H groups in total. The molecule has 0 bridgehead atoms. The van der Waals surface area contributed by atoms with Crippen molar-refractivity contribution >= 4 is 10.9 Å². The van der Waals surface area contributed by atoms with E-state index in [4.69, 9.17) is 0 Å². The van der Waals surface area contributed by atoms with Crippen LogP contribution in [-0.4, -0.2) is 26.4 Å². The molecule has 4 nitrogen and oxygen atoms in total. The SMILES string of the molecule is Cc1ccc(F)cc1C(C)(C)CC(O)(Cc1cc2cn(C)c(=O)cc2[nH]1)C(F)(F)F. The molecule has 0 saturated carbocycles. The van der Waals surface area contributed by atoms with E-state index in [2.05, 4.69) is 4.98 Å². The number of hydrogen-bond acceptors (Lipinski definition) is 2. The number of aryl methyl sites for hydroxylation is 2. The highest BCUT2D eigenvalue weighted by molar-refractivity contribution is 5.79. The van der Waals surface area contributed by atoms with E-state index in [1.165, 1.54) is 41.1 Å². The van der Waals surface area contributed by atoms with Crippen LogP contribution in [0.2, 0.25) is 0 Å². The average Bonchev–Trinajstić information content (AvgIpc) is 2.96. The van der Waals surface area contributed by atoms with Crippen molar-refractivity contribution in [3.8, 4) is 0 Å². The number of H-pyrrole nitrogens is 1. The lowest BCUT2D eigenvalue weighted by Gasteiger charge is -2.38. The van der Waals surface area contributed by atoms with Crippen LogP contribution in [0.4, 0.5) is 17.6 Å².